The van der Waals surface area contributed by atoms with Crippen molar-refractivity contribution in [2.24, 2.45) is 5.92 Å². The summed E-state index contributed by atoms with van der Waals surface area (Å²) in [7, 11) is 0. The normalized spacial score (nSPS) is 31.3. The highest BCUT2D eigenvalue weighted by atomic mass is 19.4. The first-order valence-electron chi connectivity index (χ1n) is 8.12. The number of hydrogen-bond donors (Lipinski definition) is 0. The van der Waals surface area contributed by atoms with Crippen LogP contribution in [0, 0.1) is 5.92 Å². The second-order valence-electron chi connectivity index (χ2n) is 6.85. The van der Waals surface area contributed by atoms with E-state index in [1.54, 1.807) is 6.07 Å². The van der Waals surface area contributed by atoms with E-state index in [1.165, 1.54) is 43.7 Å². The van der Waals surface area contributed by atoms with Crippen LogP contribution in [0.2, 0.25) is 0 Å². The third-order valence-corrected chi connectivity index (χ3v) is 5.41. The van der Waals surface area contributed by atoms with E-state index in [-0.39, 0.29) is 5.75 Å². The van der Waals surface area contributed by atoms with Crippen LogP contribution < -0.4 is 4.74 Å². The highest BCUT2D eigenvalue weighted by molar-refractivity contribution is 5.41. The Morgan fingerprint density at radius 2 is 2.00 bits per heavy atom. The molecular weight excluding hydrogens is 291 g/mol. The maximum Gasteiger partial charge on any atom is 0.573 e. The topological polar surface area (TPSA) is 12.5 Å². The quantitative estimate of drug-likeness (QED) is 0.760. The van der Waals surface area contributed by atoms with Gasteiger partial charge in [-0.3, -0.25) is 4.90 Å². The number of nitrogens with zero attached hydrogens (tertiary/aromatic N) is 1. The van der Waals surface area contributed by atoms with Crippen molar-refractivity contribution in [3.05, 3.63) is 29.3 Å². The number of rotatable bonds is 1. The van der Waals surface area contributed by atoms with Gasteiger partial charge in [0.15, 0.2) is 0 Å². The maximum absolute atomic E-state index is 12.5. The summed E-state index contributed by atoms with van der Waals surface area (Å²) in [5.41, 5.74) is 2.27. The molecule has 1 saturated heterocycles. The molecule has 2 fully saturated rings. The Labute approximate surface area is 128 Å². The smallest absolute Gasteiger partial charge is 0.406 e. The lowest BCUT2D eigenvalue weighted by atomic mass is 10.0. The Morgan fingerprint density at radius 3 is 2.82 bits per heavy atom. The molecule has 22 heavy (non-hydrogen) atoms. The average molecular weight is 311 g/mol. The highest BCUT2D eigenvalue weighted by Gasteiger charge is 2.42. The van der Waals surface area contributed by atoms with Crippen LogP contribution in [0.4, 0.5) is 13.2 Å². The second-order valence-corrected chi connectivity index (χ2v) is 6.85. The van der Waals surface area contributed by atoms with Gasteiger partial charge in [-0.05, 0) is 73.7 Å². The summed E-state index contributed by atoms with van der Waals surface area (Å²) in [6.07, 6.45) is 1.50. The van der Waals surface area contributed by atoms with Crippen LogP contribution in [-0.4, -0.2) is 23.8 Å². The Morgan fingerprint density at radius 1 is 1.14 bits per heavy atom. The number of ether oxygens (including phenoxy) is 1. The van der Waals surface area contributed by atoms with E-state index in [0.29, 0.717) is 12.0 Å². The first-order chi connectivity index (χ1) is 10.5. The van der Waals surface area contributed by atoms with Gasteiger partial charge >= 0.3 is 6.36 Å². The predicted molar refractivity (Wildman–Crippen MR) is 76.6 cm³/mol. The Bertz CT molecular complexity index is 572. The van der Waals surface area contributed by atoms with Crippen LogP contribution in [0.25, 0.3) is 0 Å². The molecule has 0 bridgehead atoms. The summed E-state index contributed by atoms with van der Waals surface area (Å²) in [5.74, 6) is 1.20. The molecule has 2 heterocycles. The molecule has 2 aliphatic heterocycles. The first-order valence-corrected chi connectivity index (χ1v) is 8.12. The minimum absolute atomic E-state index is 0.0848. The lowest BCUT2D eigenvalue weighted by Gasteiger charge is -2.25. The third kappa shape index (κ3) is 2.83. The molecule has 1 saturated carbocycles. The van der Waals surface area contributed by atoms with Crippen molar-refractivity contribution >= 4 is 0 Å². The van der Waals surface area contributed by atoms with Crippen LogP contribution >= 0.6 is 0 Å². The fourth-order valence-electron chi connectivity index (χ4n) is 4.28. The van der Waals surface area contributed by atoms with Gasteiger partial charge in [-0.15, -0.1) is 13.2 Å². The predicted octanol–water partition coefficient (Wildman–Crippen LogP) is 4.45. The molecule has 0 aromatic heterocycles. The summed E-state index contributed by atoms with van der Waals surface area (Å²) < 4.78 is 41.5. The van der Waals surface area contributed by atoms with Gasteiger partial charge in [-0.25, -0.2) is 0 Å². The Kier molecular flexibility index (Phi) is 3.36. The molecule has 3 atom stereocenters. The Hall–Kier alpha value is -1.23. The zero-order chi connectivity index (χ0) is 15.3. The van der Waals surface area contributed by atoms with Crippen molar-refractivity contribution in [2.75, 3.05) is 6.54 Å². The van der Waals surface area contributed by atoms with Crippen molar-refractivity contribution in [1.82, 2.24) is 4.90 Å². The molecule has 3 unspecified atom stereocenters. The zero-order valence-electron chi connectivity index (χ0n) is 12.4. The summed E-state index contributed by atoms with van der Waals surface area (Å²) in [6, 6.07) is 5.55. The average Bonchev–Trinajstić information content (AvgIpc) is 3.04. The minimum Gasteiger partial charge on any atom is -0.406 e. The van der Waals surface area contributed by atoms with E-state index < -0.39 is 6.36 Å². The van der Waals surface area contributed by atoms with Crippen molar-refractivity contribution in [2.45, 2.75) is 57.0 Å². The van der Waals surface area contributed by atoms with E-state index in [1.807, 2.05) is 6.07 Å². The van der Waals surface area contributed by atoms with Gasteiger partial charge in [0.1, 0.15) is 5.75 Å². The lowest BCUT2D eigenvalue weighted by Crippen LogP contribution is -2.29. The van der Waals surface area contributed by atoms with Crippen LogP contribution in [0.5, 0.6) is 5.75 Å². The highest BCUT2D eigenvalue weighted by Crippen LogP contribution is 2.53. The van der Waals surface area contributed by atoms with Gasteiger partial charge in [-0.1, -0.05) is 6.07 Å². The SMILES string of the molecule is FC(F)(F)Oc1ccc2c(c1)CN1CCCC1CCC1CC21. The minimum atomic E-state index is -4.62. The molecule has 1 aliphatic carbocycles. The zero-order valence-corrected chi connectivity index (χ0v) is 12.4. The van der Waals surface area contributed by atoms with E-state index in [9.17, 15) is 13.2 Å². The molecule has 0 N–H and O–H groups in total. The molecule has 2 nitrogen and oxygen atoms in total. The molecule has 0 amide bonds. The van der Waals surface area contributed by atoms with Gasteiger partial charge in [0.2, 0.25) is 0 Å². The van der Waals surface area contributed by atoms with Crippen molar-refractivity contribution in [1.29, 1.82) is 0 Å². The largest absolute Gasteiger partial charge is 0.573 e. The van der Waals surface area contributed by atoms with Crippen LogP contribution in [0.1, 0.15) is 49.1 Å². The third-order valence-electron chi connectivity index (χ3n) is 5.41. The van der Waals surface area contributed by atoms with Gasteiger partial charge in [-0.2, -0.15) is 0 Å². The number of halogens is 3. The van der Waals surface area contributed by atoms with E-state index >= 15 is 0 Å². The monoisotopic (exact) mass is 311 g/mol. The summed E-state index contributed by atoms with van der Waals surface area (Å²) in [6.45, 7) is 1.82. The van der Waals surface area contributed by atoms with Gasteiger partial charge < -0.3 is 4.74 Å². The van der Waals surface area contributed by atoms with Crippen molar-refractivity contribution < 1.29 is 17.9 Å². The standard InChI is InChI=1S/C17H20F3NO/c18-17(19,20)22-14-5-6-15-12(8-14)10-21-7-1-2-13(21)4-3-11-9-16(11)15/h5-6,8,11,13,16H,1-4,7,9-10H2. The molecule has 1 aromatic rings. The van der Waals surface area contributed by atoms with Crippen LogP contribution in [0.15, 0.2) is 18.2 Å². The van der Waals surface area contributed by atoms with Gasteiger partial charge in [0.05, 0.1) is 0 Å². The molecular formula is C17H20F3NO. The molecule has 4 rings (SSSR count). The molecule has 0 radical (unpaired) electrons. The summed E-state index contributed by atoms with van der Waals surface area (Å²) in [4.78, 5) is 2.45. The Balaban J connectivity index is 1.65. The first kappa shape index (κ1) is 14.4. The van der Waals surface area contributed by atoms with Crippen LogP contribution in [-0.2, 0) is 6.54 Å². The van der Waals surface area contributed by atoms with Gasteiger partial charge in [0.25, 0.3) is 0 Å². The fourth-order valence-corrected chi connectivity index (χ4v) is 4.28. The summed E-state index contributed by atoms with van der Waals surface area (Å²) in [5, 5.41) is 0. The lowest BCUT2D eigenvalue weighted by molar-refractivity contribution is -0.274. The molecule has 120 valence electrons. The molecule has 0 spiro atoms. The second kappa shape index (κ2) is 5.15. The fraction of sp³-hybridized carbons (Fsp3) is 0.647. The number of alkyl halides is 3. The van der Waals surface area contributed by atoms with Crippen LogP contribution in [0.3, 0.4) is 0 Å². The number of benzene rings is 1. The molecule has 3 aliphatic rings. The van der Waals surface area contributed by atoms with E-state index in [2.05, 4.69) is 9.64 Å². The molecule has 5 heteroatoms. The maximum atomic E-state index is 12.5. The van der Waals surface area contributed by atoms with Crippen molar-refractivity contribution in [3.63, 3.8) is 0 Å². The summed E-state index contributed by atoms with van der Waals surface area (Å²) >= 11 is 0. The van der Waals surface area contributed by atoms with E-state index in [4.69, 9.17) is 0 Å². The van der Waals surface area contributed by atoms with E-state index in [0.717, 1.165) is 24.6 Å². The molecule has 1 aromatic carbocycles. The number of fused-ring (bicyclic) bond motifs is 4. The number of hydrogen-bond acceptors (Lipinski definition) is 2. The van der Waals surface area contributed by atoms with Crippen molar-refractivity contribution in [3.8, 4) is 5.75 Å². The van der Waals surface area contributed by atoms with Gasteiger partial charge in [0, 0.05) is 12.6 Å².